The van der Waals surface area contributed by atoms with E-state index < -0.39 is 0 Å². The summed E-state index contributed by atoms with van der Waals surface area (Å²) in [5.74, 6) is 1.25. The summed E-state index contributed by atoms with van der Waals surface area (Å²) in [4.78, 5) is 15.8. The van der Waals surface area contributed by atoms with Crippen LogP contribution in [0.2, 0.25) is 0 Å². The fraction of sp³-hybridized carbons (Fsp3) is 0.600. The maximum absolute atomic E-state index is 11.5. The molecule has 0 aromatic carbocycles. The SMILES string of the molecule is CCOC(=O)c1ccc(NC(C)C2CCCC2)nc1. The molecule has 19 heavy (non-hydrogen) atoms. The van der Waals surface area contributed by atoms with Gasteiger partial charge >= 0.3 is 5.97 Å². The Morgan fingerprint density at radius 3 is 2.79 bits per heavy atom. The molecule has 4 heteroatoms. The first-order valence-corrected chi connectivity index (χ1v) is 7.10. The molecule has 1 heterocycles. The van der Waals surface area contributed by atoms with Crippen molar-refractivity contribution in [1.29, 1.82) is 0 Å². The van der Waals surface area contributed by atoms with Gasteiger partial charge in [-0.1, -0.05) is 12.8 Å². The largest absolute Gasteiger partial charge is 0.462 e. The first kappa shape index (κ1) is 13.8. The van der Waals surface area contributed by atoms with E-state index in [9.17, 15) is 4.79 Å². The van der Waals surface area contributed by atoms with Crippen LogP contribution in [0.4, 0.5) is 5.82 Å². The van der Waals surface area contributed by atoms with Gasteiger partial charge in [0.1, 0.15) is 5.82 Å². The fourth-order valence-corrected chi connectivity index (χ4v) is 2.62. The highest BCUT2D eigenvalue weighted by Gasteiger charge is 2.21. The summed E-state index contributed by atoms with van der Waals surface area (Å²) in [6.45, 7) is 4.39. The number of esters is 1. The van der Waals surface area contributed by atoms with Gasteiger partial charge < -0.3 is 10.1 Å². The van der Waals surface area contributed by atoms with Crippen LogP contribution in [0.25, 0.3) is 0 Å². The lowest BCUT2D eigenvalue weighted by molar-refractivity contribution is 0.0526. The Morgan fingerprint density at radius 2 is 2.21 bits per heavy atom. The average Bonchev–Trinajstić information content (AvgIpc) is 2.94. The van der Waals surface area contributed by atoms with Gasteiger partial charge in [0, 0.05) is 12.2 Å². The van der Waals surface area contributed by atoms with Crippen LogP contribution in [-0.4, -0.2) is 23.6 Å². The average molecular weight is 262 g/mol. The van der Waals surface area contributed by atoms with Crippen LogP contribution in [0.5, 0.6) is 0 Å². The van der Waals surface area contributed by atoms with Crippen LogP contribution in [-0.2, 0) is 4.74 Å². The van der Waals surface area contributed by atoms with Crippen molar-refractivity contribution in [2.24, 2.45) is 5.92 Å². The van der Waals surface area contributed by atoms with Gasteiger partial charge in [-0.15, -0.1) is 0 Å². The van der Waals surface area contributed by atoms with Crippen molar-refractivity contribution < 1.29 is 9.53 Å². The van der Waals surface area contributed by atoms with E-state index >= 15 is 0 Å². The highest BCUT2D eigenvalue weighted by molar-refractivity contribution is 5.89. The monoisotopic (exact) mass is 262 g/mol. The van der Waals surface area contributed by atoms with Gasteiger partial charge in [0.2, 0.25) is 0 Å². The Hall–Kier alpha value is -1.58. The zero-order valence-corrected chi connectivity index (χ0v) is 11.7. The quantitative estimate of drug-likeness (QED) is 0.828. The molecule has 0 saturated heterocycles. The standard InChI is InChI=1S/C15H22N2O2/c1-3-19-15(18)13-8-9-14(16-10-13)17-11(2)12-6-4-5-7-12/h8-12H,3-7H2,1-2H3,(H,16,17). The minimum atomic E-state index is -0.314. The number of pyridine rings is 1. The fourth-order valence-electron chi connectivity index (χ4n) is 2.62. The van der Waals surface area contributed by atoms with Crippen LogP contribution in [0.3, 0.4) is 0 Å². The van der Waals surface area contributed by atoms with E-state index in [0.29, 0.717) is 18.2 Å². The minimum Gasteiger partial charge on any atom is -0.462 e. The molecule has 2 rings (SSSR count). The molecule has 0 aliphatic heterocycles. The van der Waals surface area contributed by atoms with Crippen molar-refractivity contribution in [2.75, 3.05) is 11.9 Å². The first-order valence-electron chi connectivity index (χ1n) is 7.10. The van der Waals surface area contributed by atoms with Crippen LogP contribution in [0.1, 0.15) is 49.9 Å². The Balaban J connectivity index is 1.92. The summed E-state index contributed by atoms with van der Waals surface area (Å²) in [6, 6.07) is 4.04. The summed E-state index contributed by atoms with van der Waals surface area (Å²) in [7, 11) is 0. The van der Waals surface area contributed by atoms with Gasteiger partial charge in [-0.3, -0.25) is 0 Å². The highest BCUT2D eigenvalue weighted by atomic mass is 16.5. The molecule has 0 spiro atoms. The van der Waals surface area contributed by atoms with E-state index in [2.05, 4.69) is 17.2 Å². The number of rotatable bonds is 5. The van der Waals surface area contributed by atoms with Gasteiger partial charge in [-0.05, 0) is 44.7 Å². The molecule has 1 aromatic rings. The van der Waals surface area contributed by atoms with Crippen molar-refractivity contribution in [3.8, 4) is 0 Å². The molecule has 1 N–H and O–H groups in total. The lowest BCUT2D eigenvalue weighted by atomic mass is 10.00. The number of nitrogens with zero attached hydrogens (tertiary/aromatic N) is 1. The predicted octanol–water partition coefficient (Wildman–Crippen LogP) is 3.25. The maximum atomic E-state index is 11.5. The molecule has 0 amide bonds. The summed E-state index contributed by atoms with van der Waals surface area (Å²) < 4.78 is 4.93. The van der Waals surface area contributed by atoms with Crippen LogP contribution in [0.15, 0.2) is 18.3 Å². The lowest BCUT2D eigenvalue weighted by Gasteiger charge is -2.20. The molecule has 0 bridgehead atoms. The maximum Gasteiger partial charge on any atom is 0.339 e. The van der Waals surface area contributed by atoms with Gasteiger partial charge in [-0.2, -0.15) is 0 Å². The molecule has 1 unspecified atom stereocenters. The molecule has 1 saturated carbocycles. The van der Waals surface area contributed by atoms with E-state index in [0.717, 1.165) is 11.7 Å². The smallest absolute Gasteiger partial charge is 0.339 e. The van der Waals surface area contributed by atoms with E-state index in [1.807, 2.05) is 6.07 Å². The molecule has 1 aliphatic carbocycles. The summed E-state index contributed by atoms with van der Waals surface area (Å²) in [5.41, 5.74) is 0.501. The summed E-state index contributed by atoms with van der Waals surface area (Å²) >= 11 is 0. The number of nitrogens with one attached hydrogen (secondary N) is 1. The Bertz CT molecular complexity index is 411. The van der Waals surface area contributed by atoms with Crippen LogP contribution in [0, 0.1) is 5.92 Å². The third-order valence-corrected chi connectivity index (χ3v) is 3.76. The topological polar surface area (TPSA) is 51.2 Å². The number of ether oxygens (including phenoxy) is 1. The van der Waals surface area contributed by atoms with Crippen LogP contribution < -0.4 is 5.32 Å². The van der Waals surface area contributed by atoms with E-state index in [1.54, 1.807) is 19.2 Å². The number of carbonyl (C=O) groups excluding carboxylic acids is 1. The molecule has 1 fully saturated rings. The highest BCUT2D eigenvalue weighted by Crippen LogP contribution is 2.28. The second-order valence-corrected chi connectivity index (χ2v) is 5.13. The normalized spacial score (nSPS) is 17.2. The van der Waals surface area contributed by atoms with Crippen molar-refractivity contribution in [1.82, 2.24) is 4.98 Å². The number of aromatic nitrogens is 1. The molecule has 1 aromatic heterocycles. The molecule has 104 valence electrons. The van der Waals surface area contributed by atoms with Gasteiger partial charge in [0.15, 0.2) is 0 Å². The predicted molar refractivity (Wildman–Crippen MR) is 75.2 cm³/mol. The van der Waals surface area contributed by atoms with Crippen LogP contribution >= 0.6 is 0 Å². The number of hydrogen-bond donors (Lipinski definition) is 1. The zero-order chi connectivity index (χ0) is 13.7. The van der Waals surface area contributed by atoms with E-state index in [1.165, 1.54) is 25.7 Å². The zero-order valence-electron chi connectivity index (χ0n) is 11.7. The molecule has 0 radical (unpaired) electrons. The third kappa shape index (κ3) is 3.69. The second kappa shape index (κ2) is 6.55. The van der Waals surface area contributed by atoms with Crippen molar-refractivity contribution in [3.63, 3.8) is 0 Å². The molecule has 4 nitrogen and oxygen atoms in total. The number of hydrogen-bond acceptors (Lipinski definition) is 4. The second-order valence-electron chi connectivity index (χ2n) is 5.13. The van der Waals surface area contributed by atoms with Gasteiger partial charge in [0.05, 0.1) is 12.2 Å². The Morgan fingerprint density at radius 1 is 1.47 bits per heavy atom. The van der Waals surface area contributed by atoms with Crippen molar-refractivity contribution in [3.05, 3.63) is 23.9 Å². The third-order valence-electron chi connectivity index (χ3n) is 3.76. The van der Waals surface area contributed by atoms with Gasteiger partial charge in [-0.25, -0.2) is 9.78 Å². The molecule has 1 atom stereocenters. The number of anilines is 1. The van der Waals surface area contributed by atoms with Crippen molar-refractivity contribution in [2.45, 2.75) is 45.6 Å². The molecular weight excluding hydrogens is 240 g/mol. The Kier molecular flexibility index (Phi) is 4.77. The Labute approximate surface area is 114 Å². The molecular formula is C15H22N2O2. The summed E-state index contributed by atoms with van der Waals surface area (Å²) in [6.07, 6.45) is 6.85. The minimum absolute atomic E-state index is 0.314. The summed E-state index contributed by atoms with van der Waals surface area (Å²) in [5, 5.41) is 3.42. The van der Waals surface area contributed by atoms with Gasteiger partial charge in [0.25, 0.3) is 0 Å². The van der Waals surface area contributed by atoms with E-state index in [-0.39, 0.29) is 5.97 Å². The van der Waals surface area contributed by atoms with Crippen molar-refractivity contribution >= 4 is 11.8 Å². The first-order chi connectivity index (χ1) is 9.20. The lowest BCUT2D eigenvalue weighted by Crippen LogP contribution is -2.24. The number of carbonyl (C=O) groups is 1. The molecule has 1 aliphatic rings. The van der Waals surface area contributed by atoms with E-state index in [4.69, 9.17) is 4.74 Å².